The Morgan fingerprint density at radius 3 is 1.44 bits per heavy atom. The van der Waals surface area contributed by atoms with E-state index >= 15 is 0 Å². The first kappa shape index (κ1) is 94.8. The number of aromatic nitrogens is 2. The van der Waals surface area contributed by atoms with Crippen molar-refractivity contribution in [2.24, 2.45) is 49.6 Å². The Balaban J connectivity index is 0.000000227. The highest BCUT2D eigenvalue weighted by Gasteiger charge is 2.25. The lowest BCUT2D eigenvalue weighted by Gasteiger charge is -2.17. The van der Waals surface area contributed by atoms with Crippen LogP contribution in [0.2, 0.25) is 0 Å². The maximum absolute atomic E-state index is 12.9. The van der Waals surface area contributed by atoms with Gasteiger partial charge < -0.3 is 25.8 Å². The fourth-order valence-corrected chi connectivity index (χ4v) is 17.0. The molecule has 26 heteroatoms. The number of azo groups is 3. The zero-order valence-corrected chi connectivity index (χ0v) is 75.3. The van der Waals surface area contributed by atoms with Crippen LogP contribution < -0.4 is 26.1 Å². The van der Waals surface area contributed by atoms with Crippen LogP contribution >= 0.6 is 0 Å². The Hall–Kier alpha value is -10.1. The molecule has 0 aliphatic rings. The van der Waals surface area contributed by atoms with Crippen LogP contribution in [-0.2, 0) is 59.8 Å². The molecule has 0 aliphatic heterocycles. The molecular formula is C90H119N12O10S4+. The molecule has 8 aromatic carbocycles. The third kappa shape index (κ3) is 26.0. The molecule has 1 unspecified atom stereocenters. The van der Waals surface area contributed by atoms with Crippen LogP contribution in [0, 0.1) is 102 Å². The fraction of sp³-hybridized carbons (Fsp3) is 0.356. The largest absolute Gasteiger partial charge is 0.408 e. The molecule has 10 aromatic rings. The van der Waals surface area contributed by atoms with E-state index in [4.69, 9.17) is 15.9 Å². The van der Waals surface area contributed by atoms with Gasteiger partial charge in [-0.1, -0.05) is 94.5 Å². The van der Waals surface area contributed by atoms with E-state index in [1.165, 1.54) is 28.6 Å². The number of sulfone groups is 1. The van der Waals surface area contributed by atoms with Crippen molar-refractivity contribution < 1.29 is 47.6 Å². The fourth-order valence-electron chi connectivity index (χ4n) is 12.5. The number of hydrogen-bond donors (Lipinski definition) is 6. The van der Waals surface area contributed by atoms with E-state index in [0.717, 1.165) is 101 Å². The lowest BCUT2D eigenvalue weighted by atomic mass is 10.0. The number of allylic oxidation sites excluding steroid dienone is 2. The Labute approximate surface area is 689 Å². The van der Waals surface area contributed by atoms with Gasteiger partial charge in [0.2, 0.25) is 0 Å². The van der Waals surface area contributed by atoms with Gasteiger partial charge in [0, 0.05) is 47.5 Å². The van der Waals surface area contributed by atoms with Gasteiger partial charge in [-0.2, -0.15) is 36.7 Å². The van der Waals surface area contributed by atoms with Crippen molar-refractivity contribution in [2.75, 3.05) is 16.8 Å². The number of nitrogen functional groups attached to an aromatic ring is 2. The summed E-state index contributed by atoms with van der Waals surface area (Å²) in [4.78, 5) is 0.765. The molecule has 2 heterocycles. The molecule has 0 spiro atoms. The van der Waals surface area contributed by atoms with E-state index in [9.17, 15) is 38.6 Å². The second-order valence-corrected chi connectivity index (χ2v) is 38.8. The van der Waals surface area contributed by atoms with Crippen molar-refractivity contribution in [3.05, 3.63) is 230 Å². The summed E-state index contributed by atoms with van der Waals surface area (Å²) in [5, 5.41) is 29.6. The predicted octanol–water partition coefficient (Wildman–Crippen LogP) is 22.8. The maximum Gasteiger partial charge on any atom is 0.334 e. The number of anilines is 3. The topological polar surface area (TPSA) is 332 Å². The van der Waals surface area contributed by atoms with Gasteiger partial charge in [-0.15, -0.1) is 15.3 Å². The van der Waals surface area contributed by atoms with Crippen LogP contribution in [0.5, 0.6) is 0 Å². The summed E-state index contributed by atoms with van der Waals surface area (Å²) in [6, 6.07) is 35.8. The minimum Gasteiger partial charge on any atom is -0.408 e. The number of nitrogens with one attached hydrogen (secondary N) is 2. The highest BCUT2D eigenvalue weighted by Crippen LogP contribution is 2.38. The van der Waals surface area contributed by atoms with Crippen LogP contribution in [0.25, 0.3) is 28.2 Å². The molecule has 8 N–H and O–H groups in total. The van der Waals surface area contributed by atoms with Crippen LogP contribution in [0.4, 0.5) is 51.2 Å². The maximum atomic E-state index is 12.9. The van der Waals surface area contributed by atoms with Gasteiger partial charge in [0.15, 0.2) is 15.6 Å². The van der Waals surface area contributed by atoms with Crippen LogP contribution in [0.15, 0.2) is 201 Å². The van der Waals surface area contributed by atoms with E-state index in [0.29, 0.717) is 73.9 Å². The summed E-state index contributed by atoms with van der Waals surface area (Å²) in [5.74, 6) is 5.63. The molecule has 0 aliphatic carbocycles. The highest BCUT2D eigenvalue weighted by atomic mass is 32.2. The Kier molecular flexibility index (Phi) is 32.8. The van der Waals surface area contributed by atoms with Gasteiger partial charge in [-0.3, -0.25) is 9.11 Å². The molecule has 0 saturated carbocycles. The number of fused-ring (bicyclic) bond motifs is 1. The van der Waals surface area contributed by atoms with Crippen LogP contribution in [-0.4, -0.2) is 66.3 Å². The Morgan fingerprint density at radius 2 is 0.974 bits per heavy atom. The number of oxazole rings is 1. The third-order valence-corrected chi connectivity index (χ3v) is 25.1. The molecule has 0 amide bonds. The Morgan fingerprint density at radius 1 is 0.517 bits per heavy atom. The number of aryl methyl sites for hydroxylation is 14. The first-order valence-corrected chi connectivity index (χ1v) is 44.5. The van der Waals surface area contributed by atoms with Gasteiger partial charge in [-0.05, 0) is 306 Å². The lowest BCUT2D eigenvalue weighted by molar-refractivity contribution is -0.664. The van der Waals surface area contributed by atoms with Gasteiger partial charge in [0.05, 0.1) is 69.3 Å². The van der Waals surface area contributed by atoms with Crippen molar-refractivity contribution in [1.82, 2.24) is 9.29 Å². The molecule has 0 bridgehead atoms. The second-order valence-electron chi connectivity index (χ2n) is 31.5. The zero-order valence-electron chi connectivity index (χ0n) is 72.0. The smallest absolute Gasteiger partial charge is 0.334 e. The summed E-state index contributed by atoms with van der Waals surface area (Å²) in [6.07, 6.45) is 8.67. The summed E-state index contributed by atoms with van der Waals surface area (Å²) < 4.78 is 116. The molecule has 0 fully saturated rings. The van der Waals surface area contributed by atoms with Gasteiger partial charge in [-0.25, -0.2) is 17.3 Å². The lowest BCUT2D eigenvalue weighted by Crippen LogP contribution is -2.31. The molecule has 22 nitrogen and oxygen atoms in total. The van der Waals surface area contributed by atoms with E-state index in [1.807, 2.05) is 197 Å². The molecule has 0 radical (unpaired) electrons. The number of nitrogens with zero attached hydrogens (tertiary/aromatic N) is 8. The normalized spacial score (nSPS) is 12.6. The Bertz CT molecular complexity index is 5850. The van der Waals surface area contributed by atoms with Crippen molar-refractivity contribution in [3.63, 3.8) is 0 Å². The molecule has 622 valence electrons. The van der Waals surface area contributed by atoms with E-state index < -0.39 is 45.0 Å². The van der Waals surface area contributed by atoms with Gasteiger partial charge >= 0.3 is 6.39 Å². The molecule has 1 atom stereocenters. The third-order valence-electron chi connectivity index (χ3n) is 18.9. The van der Waals surface area contributed by atoms with Crippen molar-refractivity contribution in [1.29, 1.82) is 0 Å². The molecule has 2 aromatic heterocycles. The second kappa shape index (κ2) is 40.2. The van der Waals surface area contributed by atoms with E-state index in [-0.39, 0.29) is 27.8 Å². The van der Waals surface area contributed by atoms with E-state index in [2.05, 4.69) is 114 Å². The minimum atomic E-state index is -4.35. The average molecular weight is 1660 g/mol. The van der Waals surface area contributed by atoms with Crippen LogP contribution in [0.3, 0.4) is 0 Å². The predicted molar refractivity (Wildman–Crippen MR) is 479 cm³/mol. The van der Waals surface area contributed by atoms with Gasteiger partial charge in [0.1, 0.15) is 24.1 Å². The van der Waals surface area contributed by atoms with Crippen molar-refractivity contribution in [3.8, 4) is 11.3 Å². The van der Waals surface area contributed by atoms with E-state index in [1.54, 1.807) is 52.3 Å². The van der Waals surface area contributed by atoms with Gasteiger partial charge in [0.25, 0.3) is 25.9 Å². The first-order chi connectivity index (χ1) is 53.8. The quantitative estimate of drug-likeness (QED) is 0.00919. The number of benzene rings is 8. The molecule has 10 rings (SSSR count). The standard InChI is InChI=1S/2C19H25N3O3S.C19H25N3O2S.C17H21N.C16H23N2O2S/c1-11(2)20-17-8-12(3)13(4)9-18(17)22-21-16-10-19(26(23,24)25)15(6)7-14(16)5;1-11(2)6-15-7-14(5)17(10-19(15)26(23,24)25)21-22-18-9-13(4)12(3)8-16(18)20;1-11(2)25(23,24)19-10-17(14(5)7-15(19)6)21-22-18-9-13(4)12(3)8-16(18)20;1-13(2)9-10-15-12-18(11-14(3)4)17-8-6-5-7-16(15)17;1-11(2)17-21(6,19)15-9-14(8-7-12(15)3)16-13(4)20-10-18(16)5/h7-11,20H,1-6H3,(H,23,24,25);7-11H,6,20H2,1-5H3,(H,23,24,25);7-11H,20H2,1-6H3;5-10,12,14H,1,11H2,2-4H3;7-11H,6H2,1-5H3,(H,17,19)/q;;;;+1/b;;;10-9+;. The van der Waals surface area contributed by atoms with Crippen molar-refractivity contribution in [2.45, 2.75) is 216 Å². The molecule has 116 heavy (non-hydrogen) atoms. The summed E-state index contributed by atoms with van der Waals surface area (Å²) >= 11 is 0. The molecule has 0 saturated heterocycles. The number of rotatable bonds is 22. The summed E-state index contributed by atoms with van der Waals surface area (Å²) in [7, 11) is -12.6. The number of nitrogens with two attached hydrogens (primary N) is 2. The number of hydrogen-bond acceptors (Lipinski definition) is 17. The minimum absolute atomic E-state index is 0.102. The average Bonchev–Trinajstić information content (AvgIpc) is 1.24. The first-order valence-electron chi connectivity index (χ1n) is 38.3. The van der Waals surface area contributed by atoms with Crippen molar-refractivity contribution >= 4 is 114 Å². The SMILES string of the molecule is C=C(C)/C=C/c1cn(CC(C)C)c2ccccc12.C=S(=O)(NC(C)C)c1cc(-c2c(C)oc[n+]2C)ccc1C.Cc1cc(N)c(N=Nc2cc(S(=O)(=O)C(C)C)c(C)cc2C)cc1C.Cc1cc(N)c(N=Nc2cc(S(=O)(=O)O)c(CC(C)C)cc2C)cc1C.Cc1cc(N=Nc2cc(S(=O)(=O)O)c(C)cc2C)c(NC(C)C)cc1C. The number of para-hydroxylation sites is 1. The molecular weight excluding hydrogens is 1540 g/mol. The summed E-state index contributed by atoms with van der Waals surface area (Å²) in [6.45, 7) is 51.6. The van der Waals surface area contributed by atoms with Crippen LogP contribution in [0.1, 0.15) is 160 Å². The highest BCUT2D eigenvalue weighted by molar-refractivity contribution is 7.98. The zero-order chi connectivity index (χ0) is 87.1. The summed E-state index contributed by atoms with van der Waals surface area (Å²) in [5.41, 5.74) is 34.3. The monoisotopic (exact) mass is 1660 g/mol.